The van der Waals surface area contributed by atoms with Crippen LogP contribution in [0.15, 0.2) is 66.4 Å². The van der Waals surface area contributed by atoms with Gasteiger partial charge in [-0.2, -0.15) is 8.42 Å². The summed E-state index contributed by atoms with van der Waals surface area (Å²) in [7, 11) is -0.909. The highest BCUT2D eigenvalue weighted by molar-refractivity contribution is 7.73. The first-order chi connectivity index (χ1) is 15.4. The van der Waals surface area contributed by atoms with Crippen molar-refractivity contribution in [1.29, 1.82) is 0 Å². The molecule has 0 spiro atoms. The average molecular weight is 470 g/mol. The second-order valence-electron chi connectivity index (χ2n) is 6.65. The fourth-order valence-electron chi connectivity index (χ4n) is 3.02. The molecule has 1 heterocycles. The highest BCUT2D eigenvalue weighted by atomic mass is 35.5. The topological polar surface area (TPSA) is 107 Å². The second-order valence-corrected chi connectivity index (χ2v) is 8.08. The Hall–Kier alpha value is -3.69. The van der Waals surface area contributed by atoms with Crippen molar-refractivity contribution in [2.75, 3.05) is 7.11 Å². The summed E-state index contributed by atoms with van der Waals surface area (Å²) in [5.41, 5.74) is 1.37. The molecule has 1 aliphatic rings. The SMILES string of the molecule is COc1cc(Cl)ccc1Oc1nc2ccccc2nc1C(=O)NC1=CC=CC(=S(=O)=O)C1. The van der Waals surface area contributed by atoms with Crippen molar-refractivity contribution in [2.24, 2.45) is 0 Å². The van der Waals surface area contributed by atoms with Gasteiger partial charge in [0.1, 0.15) is 0 Å². The summed E-state index contributed by atoms with van der Waals surface area (Å²) in [6.07, 6.45) is 4.69. The van der Waals surface area contributed by atoms with Crippen molar-refractivity contribution >= 4 is 43.7 Å². The zero-order valence-electron chi connectivity index (χ0n) is 16.7. The van der Waals surface area contributed by atoms with Crippen LogP contribution in [0.5, 0.6) is 17.4 Å². The first-order valence-electron chi connectivity index (χ1n) is 9.36. The number of hydrogen-bond acceptors (Lipinski definition) is 7. The molecule has 10 heteroatoms. The molecule has 0 atom stereocenters. The molecule has 32 heavy (non-hydrogen) atoms. The number of rotatable bonds is 5. The van der Waals surface area contributed by atoms with Crippen LogP contribution in [0.25, 0.3) is 11.0 Å². The molecule has 0 radical (unpaired) electrons. The van der Waals surface area contributed by atoms with Crippen molar-refractivity contribution in [3.8, 4) is 17.4 Å². The summed E-state index contributed by atoms with van der Waals surface area (Å²) < 4.78 is 33.7. The minimum atomic E-state index is -2.38. The summed E-state index contributed by atoms with van der Waals surface area (Å²) in [5, 5.41) is 3.15. The number of hydrogen-bond donors (Lipinski definition) is 1. The zero-order chi connectivity index (χ0) is 22.7. The Balaban J connectivity index is 1.73. The maximum Gasteiger partial charge on any atom is 0.279 e. The number of nitrogens with zero attached hydrogens (tertiary/aromatic N) is 2. The second kappa shape index (κ2) is 9.21. The highest BCUT2D eigenvalue weighted by Gasteiger charge is 2.21. The van der Waals surface area contributed by atoms with E-state index in [2.05, 4.69) is 15.3 Å². The molecule has 8 nitrogen and oxygen atoms in total. The monoisotopic (exact) mass is 469 g/mol. The Labute approximate surface area is 189 Å². The van der Waals surface area contributed by atoms with Gasteiger partial charge in [-0.1, -0.05) is 29.8 Å². The lowest BCUT2D eigenvalue weighted by Crippen LogP contribution is -2.26. The van der Waals surface area contributed by atoms with Gasteiger partial charge < -0.3 is 14.8 Å². The fourth-order valence-corrected chi connectivity index (χ4v) is 3.64. The molecule has 0 saturated carbocycles. The van der Waals surface area contributed by atoms with E-state index in [0.29, 0.717) is 33.3 Å². The van der Waals surface area contributed by atoms with Gasteiger partial charge in [-0.15, -0.1) is 0 Å². The van der Waals surface area contributed by atoms with Gasteiger partial charge in [-0.05, 0) is 36.4 Å². The van der Waals surface area contributed by atoms with E-state index in [4.69, 9.17) is 21.1 Å². The number of nitrogens with one attached hydrogen (secondary N) is 1. The summed E-state index contributed by atoms with van der Waals surface area (Å²) in [5.74, 6) is 0.0259. The van der Waals surface area contributed by atoms with E-state index >= 15 is 0 Å². The molecule has 1 amide bonds. The third-order valence-corrected chi connectivity index (χ3v) is 5.46. The molecule has 0 aliphatic heterocycles. The lowest BCUT2D eigenvalue weighted by atomic mass is 10.1. The van der Waals surface area contributed by atoms with Crippen LogP contribution in [-0.2, 0) is 10.3 Å². The van der Waals surface area contributed by atoms with Gasteiger partial charge >= 0.3 is 0 Å². The van der Waals surface area contributed by atoms with E-state index in [1.165, 1.54) is 13.2 Å². The molecule has 4 rings (SSSR count). The van der Waals surface area contributed by atoms with E-state index in [1.54, 1.807) is 54.6 Å². The highest BCUT2D eigenvalue weighted by Crippen LogP contribution is 2.34. The molecule has 1 aromatic heterocycles. The van der Waals surface area contributed by atoms with Crippen LogP contribution in [0, 0.1) is 0 Å². The van der Waals surface area contributed by atoms with Crippen molar-refractivity contribution in [2.45, 2.75) is 6.42 Å². The number of allylic oxidation sites excluding steroid dienone is 4. The standard InChI is InChI=1S/C22H16ClN3O5S/c1-30-19-11-13(23)9-10-18(19)31-22-20(25-16-7-2-3-8-17(16)26-22)21(27)24-14-5-4-6-15(12-14)32(28)29/h2-11H,12H2,1H3,(H,24,27). The van der Waals surface area contributed by atoms with Gasteiger partial charge in [-0.3, -0.25) is 4.79 Å². The quantitative estimate of drug-likeness (QED) is 0.567. The predicted molar refractivity (Wildman–Crippen MR) is 121 cm³/mol. The lowest BCUT2D eigenvalue weighted by molar-refractivity contribution is 0.0957. The van der Waals surface area contributed by atoms with Crippen molar-refractivity contribution < 1.29 is 22.7 Å². The van der Waals surface area contributed by atoms with E-state index in [9.17, 15) is 13.2 Å². The molecule has 3 aromatic rings. The molecule has 1 N–H and O–H groups in total. The molecule has 0 saturated heterocycles. The molecular formula is C22H16ClN3O5S. The Kier molecular flexibility index (Phi) is 6.20. The predicted octanol–water partition coefficient (Wildman–Crippen LogP) is 3.71. The lowest BCUT2D eigenvalue weighted by Gasteiger charge is -2.15. The Morgan fingerprint density at radius 1 is 1.09 bits per heavy atom. The first-order valence-corrected chi connectivity index (χ1v) is 10.8. The molecule has 0 unspecified atom stereocenters. The number of methoxy groups -OCH3 is 1. The average Bonchev–Trinajstić information content (AvgIpc) is 2.79. The van der Waals surface area contributed by atoms with E-state index in [-0.39, 0.29) is 22.9 Å². The summed E-state index contributed by atoms with van der Waals surface area (Å²) >= 11 is 6.02. The van der Waals surface area contributed by atoms with Crippen LogP contribution in [0.3, 0.4) is 0 Å². The van der Waals surface area contributed by atoms with Crippen LogP contribution in [0.1, 0.15) is 16.9 Å². The van der Waals surface area contributed by atoms with Crippen molar-refractivity contribution in [3.63, 3.8) is 0 Å². The number of carbonyl (C=O) groups is 1. The number of amides is 1. The first kappa shape index (κ1) is 21.5. The van der Waals surface area contributed by atoms with E-state index in [1.807, 2.05) is 0 Å². The minimum Gasteiger partial charge on any atom is -0.493 e. The Morgan fingerprint density at radius 2 is 1.84 bits per heavy atom. The van der Waals surface area contributed by atoms with Gasteiger partial charge in [-0.25, -0.2) is 9.97 Å². The van der Waals surface area contributed by atoms with E-state index < -0.39 is 16.2 Å². The number of fused-ring (bicyclic) bond motifs is 1. The normalized spacial score (nSPS) is 12.9. The number of para-hydroxylation sites is 2. The Bertz CT molecular complexity index is 1420. The summed E-state index contributed by atoms with van der Waals surface area (Å²) in [6.45, 7) is 0. The van der Waals surface area contributed by atoms with Crippen molar-refractivity contribution in [1.82, 2.24) is 15.3 Å². The van der Waals surface area contributed by atoms with Gasteiger partial charge in [0.25, 0.3) is 11.8 Å². The third kappa shape index (κ3) is 4.63. The number of carbonyl (C=O) groups excluding carboxylic acids is 1. The number of ether oxygens (including phenoxy) is 2. The number of benzene rings is 2. The molecule has 1 aliphatic carbocycles. The third-order valence-electron chi connectivity index (χ3n) is 4.52. The van der Waals surface area contributed by atoms with Crippen LogP contribution in [0.2, 0.25) is 5.02 Å². The van der Waals surface area contributed by atoms with E-state index in [0.717, 1.165) is 0 Å². The number of halogens is 1. The van der Waals surface area contributed by atoms with Crippen LogP contribution in [-0.4, -0.2) is 36.3 Å². The maximum atomic E-state index is 13.1. The van der Waals surface area contributed by atoms with Gasteiger partial charge in [0.15, 0.2) is 17.2 Å². The van der Waals surface area contributed by atoms with Crippen molar-refractivity contribution in [3.05, 3.63) is 77.1 Å². The molecule has 162 valence electrons. The van der Waals surface area contributed by atoms with Crippen LogP contribution in [0.4, 0.5) is 0 Å². The molecule has 0 fully saturated rings. The smallest absolute Gasteiger partial charge is 0.279 e. The largest absolute Gasteiger partial charge is 0.493 e. The maximum absolute atomic E-state index is 13.1. The van der Waals surface area contributed by atoms with Crippen LogP contribution < -0.4 is 14.8 Å². The molecule has 0 bridgehead atoms. The zero-order valence-corrected chi connectivity index (χ0v) is 18.3. The Morgan fingerprint density at radius 3 is 2.56 bits per heavy atom. The number of aromatic nitrogens is 2. The summed E-state index contributed by atoms with van der Waals surface area (Å²) in [6, 6.07) is 11.8. The van der Waals surface area contributed by atoms with Crippen LogP contribution >= 0.6 is 11.6 Å². The minimum absolute atomic E-state index is 0.0367. The molecular weight excluding hydrogens is 454 g/mol. The van der Waals surface area contributed by atoms with Gasteiger partial charge in [0.2, 0.25) is 10.3 Å². The fraction of sp³-hybridized carbons (Fsp3) is 0.0909. The van der Waals surface area contributed by atoms with Gasteiger partial charge in [0, 0.05) is 23.2 Å². The van der Waals surface area contributed by atoms with Gasteiger partial charge in [0.05, 0.1) is 23.0 Å². The molecule has 2 aromatic carbocycles. The summed E-state index contributed by atoms with van der Waals surface area (Å²) in [4.78, 5) is 22.1.